The maximum Gasteiger partial charge on any atom is 0.259 e. The lowest BCUT2D eigenvalue weighted by Crippen LogP contribution is -2.15. The van der Waals surface area contributed by atoms with Crippen molar-refractivity contribution in [3.05, 3.63) is 77.4 Å². The molecule has 1 amide bonds. The summed E-state index contributed by atoms with van der Waals surface area (Å²) in [5.74, 6) is 0.230. The monoisotopic (exact) mass is 459 g/mol. The Morgan fingerprint density at radius 2 is 2.03 bits per heavy atom. The Bertz CT molecular complexity index is 1630. The largest absolute Gasteiger partial charge is 0.463 e. The minimum absolute atomic E-state index is 0.235. The topological polar surface area (TPSA) is 98.5 Å². The van der Waals surface area contributed by atoms with Crippen molar-refractivity contribution in [2.24, 2.45) is 0 Å². The molecular formula is C23H14FN5O3S. The number of anilines is 1. The number of aromatic nitrogens is 4. The molecule has 0 saturated carbocycles. The number of amides is 1. The standard InChI is InChI=1S/C23H14FN5O3S/c1-12-18-15(11-16(17-3-2-9-31-17)25-22(18)32-28-12)21(30)27-20-19(13-4-6-14(24)7-5-13)26-23-29(20)8-10-33-23/h2-11H,1H3,(H,27,30). The number of imidazole rings is 1. The van der Waals surface area contributed by atoms with Gasteiger partial charge in [-0.05, 0) is 49.4 Å². The number of rotatable bonds is 4. The molecule has 33 heavy (non-hydrogen) atoms. The number of halogens is 1. The molecule has 5 heterocycles. The summed E-state index contributed by atoms with van der Waals surface area (Å²) >= 11 is 1.43. The Hall–Kier alpha value is -4.31. The summed E-state index contributed by atoms with van der Waals surface area (Å²) in [7, 11) is 0. The van der Waals surface area contributed by atoms with Gasteiger partial charge >= 0.3 is 0 Å². The molecule has 1 aromatic carbocycles. The van der Waals surface area contributed by atoms with E-state index < -0.39 is 5.91 Å². The molecule has 0 aliphatic carbocycles. The first-order chi connectivity index (χ1) is 16.1. The van der Waals surface area contributed by atoms with Crippen molar-refractivity contribution in [1.82, 2.24) is 19.5 Å². The SMILES string of the molecule is Cc1noc2nc(-c3ccco3)cc(C(=O)Nc3c(-c4ccc(F)cc4)nc4sccn34)c12. The molecule has 162 valence electrons. The van der Waals surface area contributed by atoms with E-state index in [1.165, 1.54) is 29.7 Å². The van der Waals surface area contributed by atoms with E-state index in [0.29, 0.717) is 50.1 Å². The summed E-state index contributed by atoms with van der Waals surface area (Å²) in [4.78, 5) is 23.3. The van der Waals surface area contributed by atoms with Crippen LogP contribution in [0.4, 0.5) is 10.2 Å². The maximum atomic E-state index is 13.6. The molecule has 0 fully saturated rings. The quantitative estimate of drug-likeness (QED) is 0.371. The summed E-state index contributed by atoms with van der Waals surface area (Å²) in [5, 5.41) is 9.33. The van der Waals surface area contributed by atoms with Crippen LogP contribution in [0, 0.1) is 12.7 Å². The molecule has 6 rings (SSSR count). The van der Waals surface area contributed by atoms with Crippen LogP contribution in [0.1, 0.15) is 16.1 Å². The van der Waals surface area contributed by atoms with Crippen LogP contribution in [-0.2, 0) is 0 Å². The third kappa shape index (κ3) is 3.19. The number of benzene rings is 1. The van der Waals surface area contributed by atoms with E-state index in [2.05, 4.69) is 20.4 Å². The van der Waals surface area contributed by atoms with E-state index in [-0.39, 0.29) is 11.5 Å². The summed E-state index contributed by atoms with van der Waals surface area (Å²) in [6.07, 6.45) is 3.35. The van der Waals surface area contributed by atoms with Crippen molar-refractivity contribution in [2.75, 3.05) is 5.32 Å². The number of hydrogen-bond donors (Lipinski definition) is 1. The van der Waals surface area contributed by atoms with Crippen molar-refractivity contribution in [3.63, 3.8) is 0 Å². The Morgan fingerprint density at radius 1 is 1.18 bits per heavy atom. The van der Waals surface area contributed by atoms with E-state index in [1.807, 2.05) is 11.6 Å². The van der Waals surface area contributed by atoms with Gasteiger partial charge in [-0.2, -0.15) is 0 Å². The summed E-state index contributed by atoms with van der Waals surface area (Å²) < 4.78 is 26.0. The number of carbonyl (C=O) groups is 1. The van der Waals surface area contributed by atoms with Gasteiger partial charge in [0.15, 0.2) is 10.7 Å². The van der Waals surface area contributed by atoms with Gasteiger partial charge in [-0.3, -0.25) is 9.20 Å². The zero-order valence-corrected chi connectivity index (χ0v) is 17.9. The molecule has 0 unspecified atom stereocenters. The highest BCUT2D eigenvalue weighted by Crippen LogP contribution is 2.33. The van der Waals surface area contributed by atoms with Gasteiger partial charge in [0.1, 0.15) is 23.0 Å². The predicted octanol–water partition coefficient (Wildman–Crippen LogP) is 5.56. The maximum absolute atomic E-state index is 13.6. The number of nitrogens with one attached hydrogen (secondary N) is 1. The lowest BCUT2D eigenvalue weighted by Gasteiger charge is -2.09. The Labute approximate surface area is 189 Å². The van der Waals surface area contributed by atoms with Gasteiger partial charge in [0.2, 0.25) is 0 Å². The van der Waals surface area contributed by atoms with E-state index >= 15 is 0 Å². The number of thiazole rings is 1. The number of carbonyl (C=O) groups excluding carboxylic acids is 1. The first-order valence-electron chi connectivity index (χ1n) is 9.92. The Morgan fingerprint density at radius 3 is 2.82 bits per heavy atom. The molecule has 0 bridgehead atoms. The van der Waals surface area contributed by atoms with E-state index in [0.717, 1.165) is 0 Å². The zero-order valence-electron chi connectivity index (χ0n) is 17.1. The third-order valence-electron chi connectivity index (χ3n) is 5.25. The van der Waals surface area contributed by atoms with Crippen molar-refractivity contribution < 1.29 is 18.1 Å². The first kappa shape index (κ1) is 19.4. The smallest absolute Gasteiger partial charge is 0.259 e. The van der Waals surface area contributed by atoms with Crippen LogP contribution in [0.5, 0.6) is 0 Å². The normalized spacial score (nSPS) is 11.5. The minimum Gasteiger partial charge on any atom is -0.463 e. The lowest BCUT2D eigenvalue weighted by molar-refractivity contribution is 0.102. The van der Waals surface area contributed by atoms with Gasteiger partial charge in [0, 0.05) is 17.1 Å². The van der Waals surface area contributed by atoms with Crippen molar-refractivity contribution in [2.45, 2.75) is 6.92 Å². The van der Waals surface area contributed by atoms with E-state index in [1.54, 1.807) is 41.7 Å². The first-order valence-corrected chi connectivity index (χ1v) is 10.8. The highest BCUT2D eigenvalue weighted by atomic mass is 32.1. The van der Waals surface area contributed by atoms with Gasteiger partial charge < -0.3 is 14.3 Å². The van der Waals surface area contributed by atoms with Crippen molar-refractivity contribution in [1.29, 1.82) is 0 Å². The second-order valence-corrected chi connectivity index (χ2v) is 8.18. The number of nitrogens with zero attached hydrogens (tertiary/aromatic N) is 4. The molecule has 0 aliphatic heterocycles. The Balaban J connectivity index is 1.48. The summed E-state index contributed by atoms with van der Waals surface area (Å²) in [5.41, 5.74) is 2.77. The number of fused-ring (bicyclic) bond motifs is 2. The van der Waals surface area contributed by atoms with Crippen LogP contribution in [0.15, 0.2) is 69.2 Å². The highest BCUT2D eigenvalue weighted by Gasteiger charge is 2.23. The van der Waals surface area contributed by atoms with Crippen LogP contribution in [-0.4, -0.2) is 25.4 Å². The van der Waals surface area contributed by atoms with Crippen molar-refractivity contribution in [3.8, 4) is 22.7 Å². The molecule has 0 aliphatic rings. The van der Waals surface area contributed by atoms with Gasteiger partial charge in [-0.15, -0.1) is 11.3 Å². The summed E-state index contributed by atoms with van der Waals surface area (Å²) in [6.45, 7) is 1.75. The average molecular weight is 459 g/mol. The molecule has 5 aromatic heterocycles. The molecule has 10 heteroatoms. The molecule has 1 N–H and O–H groups in total. The van der Waals surface area contributed by atoms with Crippen LogP contribution >= 0.6 is 11.3 Å². The van der Waals surface area contributed by atoms with E-state index in [9.17, 15) is 9.18 Å². The van der Waals surface area contributed by atoms with Gasteiger partial charge in [-0.1, -0.05) is 5.16 Å². The molecule has 0 spiro atoms. The Kier molecular flexibility index (Phi) is 4.34. The van der Waals surface area contributed by atoms with Gasteiger partial charge in [0.25, 0.3) is 11.6 Å². The molecule has 0 radical (unpaired) electrons. The van der Waals surface area contributed by atoms with Crippen molar-refractivity contribution >= 4 is 39.1 Å². The molecule has 0 saturated heterocycles. The lowest BCUT2D eigenvalue weighted by atomic mass is 10.1. The van der Waals surface area contributed by atoms with Gasteiger partial charge in [-0.25, -0.2) is 14.4 Å². The minimum atomic E-state index is -0.391. The number of aryl methyl sites for hydroxylation is 1. The predicted molar refractivity (Wildman–Crippen MR) is 121 cm³/mol. The zero-order chi connectivity index (χ0) is 22.5. The van der Waals surface area contributed by atoms with E-state index in [4.69, 9.17) is 8.94 Å². The molecular weight excluding hydrogens is 445 g/mol. The second-order valence-electron chi connectivity index (χ2n) is 7.31. The summed E-state index contributed by atoms with van der Waals surface area (Å²) in [6, 6.07) is 11.1. The van der Waals surface area contributed by atoms with Crippen LogP contribution < -0.4 is 5.32 Å². The van der Waals surface area contributed by atoms with Crippen LogP contribution in [0.2, 0.25) is 0 Å². The molecule has 0 atom stereocenters. The average Bonchev–Trinajstić information content (AvgIpc) is 3.60. The highest BCUT2D eigenvalue weighted by molar-refractivity contribution is 7.15. The third-order valence-corrected chi connectivity index (χ3v) is 6.00. The fourth-order valence-corrected chi connectivity index (χ4v) is 4.43. The fourth-order valence-electron chi connectivity index (χ4n) is 3.71. The van der Waals surface area contributed by atoms with Crippen LogP contribution in [0.3, 0.4) is 0 Å². The number of hydrogen-bond acceptors (Lipinski definition) is 7. The van der Waals surface area contributed by atoms with Gasteiger partial charge in [0.05, 0.1) is 22.9 Å². The fraction of sp³-hybridized carbons (Fsp3) is 0.0435. The second kappa shape index (κ2) is 7.38. The molecule has 6 aromatic rings. The molecule has 8 nitrogen and oxygen atoms in total. The van der Waals surface area contributed by atoms with Crippen LogP contribution in [0.25, 0.3) is 38.8 Å². The number of pyridine rings is 1. The number of furan rings is 1.